The third-order valence-corrected chi connectivity index (χ3v) is 3.16. The molecule has 0 amide bonds. The predicted molar refractivity (Wildman–Crippen MR) is 41.2 cm³/mol. The lowest BCUT2D eigenvalue weighted by Crippen LogP contribution is -2.04. The van der Waals surface area contributed by atoms with Crippen LogP contribution in [0.15, 0.2) is 0 Å². The topological polar surface area (TPSA) is 37.3 Å². The van der Waals surface area contributed by atoms with Crippen LogP contribution in [-0.4, -0.2) is 11.1 Å². The zero-order valence-corrected chi connectivity index (χ0v) is 6.62. The molecule has 1 N–H and O–H groups in total. The zero-order valence-electron chi connectivity index (χ0n) is 6.62. The van der Waals surface area contributed by atoms with Crippen LogP contribution in [0.5, 0.6) is 0 Å². The second-order valence-electron chi connectivity index (χ2n) is 3.89. The fourth-order valence-electron chi connectivity index (χ4n) is 2.41. The van der Waals surface area contributed by atoms with Crippen LogP contribution < -0.4 is 0 Å². The predicted octanol–water partition coefficient (Wildman–Crippen LogP) is 1.90. The largest absolute Gasteiger partial charge is 0.481 e. The van der Waals surface area contributed by atoms with E-state index in [1.807, 2.05) is 0 Å². The number of hydrogen-bond donors (Lipinski definition) is 1. The van der Waals surface area contributed by atoms with E-state index in [9.17, 15) is 4.79 Å². The van der Waals surface area contributed by atoms with Crippen molar-refractivity contribution >= 4 is 5.97 Å². The Morgan fingerprint density at radius 1 is 1.27 bits per heavy atom. The van der Waals surface area contributed by atoms with Crippen molar-refractivity contribution in [2.24, 2.45) is 17.8 Å². The molecular weight excluding hydrogens is 140 g/mol. The Bertz CT molecular complexity index is 170. The van der Waals surface area contributed by atoms with Crippen LogP contribution in [-0.2, 0) is 4.79 Å². The van der Waals surface area contributed by atoms with E-state index in [2.05, 4.69) is 0 Å². The first-order valence-corrected chi connectivity index (χ1v) is 4.52. The number of aliphatic carboxylic acids is 1. The summed E-state index contributed by atoms with van der Waals surface area (Å²) in [7, 11) is 0. The van der Waals surface area contributed by atoms with Crippen molar-refractivity contribution in [1.82, 2.24) is 0 Å². The normalized spacial score (nSPS) is 37.5. The highest BCUT2D eigenvalue weighted by molar-refractivity contribution is 5.73. The van der Waals surface area contributed by atoms with Crippen LogP contribution >= 0.6 is 0 Å². The van der Waals surface area contributed by atoms with Gasteiger partial charge in [0.15, 0.2) is 0 Å². The highest BCUT2D eigenvalue weighted by atomic mass is 16.4. The molecule has 0 heterocycles. The molecule has 2 saturated carbocycles. The van der Waals surface area contributed by atoms with Crippen molar-refractivity contribution in [2.75, 3.05) is 0 Å². The molecule has 0 bridgehead atoms. The molecule has 0 spiro atoms. The second kappa shape index (κ2) is 2.50. The Morgan fingerprint density at radius 3 is 2.36 bits per heavy atom. The SMILES string of the molecule is O=C(O)[C@H]1C[C@H]1C1CCCC1. The quantitative estimate of drug-likeness (QED) is 0.659. The molecule has 2 fully saturated rings. The van der Waals surface area contributed by atoms with Crippen molar-refractivity contribution in [2.45, 2.75) is 32.1 Å². The van der Waals surface area contributed by atoms with Gasteiger partial charge in [-0.25, -0.2) is 0 Å². The Labute approximate surface area is 66.6 Å². The molecule has 2 aliphatic rings. The molecule has 2 heteroatoms. The number of carbonyl (C=O) groups is 1. The Morgan fingerprint density at radius 2 is 1.91 bits per heavy atom. The van der Waals surface area contributed by atoms with E-state index in [0.717, 1.165) is 12.3 Å². The monoisotopic (exact) mass is 154 g/mol. The number of carboxylic acids is 1. The van der Waals surface area contributed by atoms with Crippen LogP contribution in [0.3, 0.4) is 0 Å². The molecule has 11 heavy (non-hydrogen) atoms. The van der Waals surface area contributed by atoms with E-state index in [1.54, 1.807) is 0 Å². The van der Waals surface area contributed by atoms with Gasteiger partial charge in [-0.2, -0.15) is 0 Å². The van der Waals surface area contributed by atoms with Gasteiger partial charge in [0.25, 0.3) is 0 Å². The molecule has 0 saturated heterocycles. The van der Waals surface area contributed by atoms with Crippen molar-refractivity contribution in [3.8, 4) is 0 Å². The lowest BCUT2D eigenvalue weighted by atomic mass is 10.0. The minimum Gasteiger partial charge on any atom is -0.481 e. The van der Waals surface area contributed by atoms with Crippen molar-refractivity contribution in [3.63, 3.8) is 0 Å². The molecule has 0 unspecified atom stereocenters. The maximum Gasteiger partial charge on any atom is 0.306 e. The third-order valence-electron chi connectivity index (χ3n) is 3.16. The molecule has 0 aromatic rings. The van der Waals surface area contributed by atoms with Crippen LogP contribution in [0.25, 0.3) is 0 Å². The van der Waals surface area contributed by atoms with Gasteiger partial charge >= 0.3 is 5.97 Å². The highest BCUT2D eigenvalue weighted by Crippen LogP contribution is 2.50. The maximum absolute atomic E-state index is 10.5. The number of carboxylic acid groups (broad SMARTS) is 1. The maximum atomic E-state index is 10.5. The first-order chi connectivity index (χ1) is 5.29. The Balaban J connectivity index is 1.85. The molecule has 0 aromatic heterocycles. The number of hydrogen-bond acceptors (Lipinski definition) is 1. The summed E-state index contributed by atoms with van der Waals surface area (Å²) >= 11 is 0. The second-order valence-corrected chi connectivity index (χ2v) is 3.89. The van der Waals surface area contributed by atoms with Crippen LogP contribution in [0, 0.1) is 17.8 Å². The fraction of sp³-hybridized carbons (Fsp3) is 0.889. The highest BCUT2D eigenvalue weighted by Gasteiger charge is 2.47. The van der Waals surface area contributed by atoms with Crippen molar-refractivity contribution in [3.05, 3.63) is 0 Å². The van der Waals surface area contributed by atoms with Crippen LogP contribution in [0.1, 0.15) is 32.1 Å². The average molecular weight is 154 g/mol. The molecule has 2 atom stereocenters. The van der Waals surface area contributed by atoms with Gasteiger partial charge in [0.1, 0.15) is 0 Å². The summed E-state index contributed by atoms with van der Waals surface area (Å²) in [5.41, 5.74) is 0. The smallest absolute Gasteiger partial charge is 0.306 e. The molecule has 2 nitrogen and oxygen atoms in total. The van der Waals surface area contributed by atoms with Crippen molar-refractivity contribution in [1.29, 1.82) is 0 Å². The molecule has 62 valence electrons. The van der Waals surface area contributed by atoms with Crippen LogP contribution in [0.2, 0.25) is 0 Å². The molecule has 0 radical (unpaired) electrons. The summed E-state index contributed by atoms with van der Waals surface area (Å²) in [6, 6.07) is 0. The minimum absolute atomic E-state index is 0.0260. The van der Waals surface area contributed by atoms with E-state index < -0.39 is 5.97 Å². The number of rotatable bonds is 2. The van der Waals surface area contributed by atoms with E-state index in [1.165, 1.54) is 25.7 Å². The van der Waals surface area contributed by atoms with E-state index in [0.29, 0.717) is 5.92 Å². The molecule has 0 aromatic carbocycles. The average Bonchev–Trinajstić information content (AvgIpc) is 2.60. The summed E-state index contributed by atoms with van der Waals surface area (Å²) < 4.78 is 0. The molecule has 2 rings (SSSR count). The van der Waals surface area contributed by atoms with E-state index in [4.69, 9.17) is 5.11 Å². The van der Waals surface area contributed by atoms with Gasteiger partial charge in [-0.1, -0.05) is 25.7 Å². The zero-order chi connectivity index (χ0) is 7.84. The third kappa shape index (κ3) is 1.26. The lowest BCUT2D eigenvalue weighted by Gasteiger charge is -2.04. The van der Waals surface area contributed by atoms with Gasteiger partial charge in [0.05, 0.1) is 5.92 Å². The summed E-state index contributed by atoms with van der Waals surface area (Å²) in [5, 5.41) is 8.68. The summed E-state index contributed by atoms with van der Waals surface area (Å²) in [6.07, 6.45) is 6.18. The summed E-state index contributed by atoms with van der Waals surface area (Å²) in [5.74, 6) is 0.770. The molecule has 2 aliphatic carbocycles. The summed E-state index contributed by atoms with van der Waals surface area (Å²) in [6.45, 7) is 0. The van der Waals surface area contributed by atoms with Gasteiger partial charge in [-0.05, 0) is 18.3 Å². The molecular formula is C9H14O2. The molecule has 0 aliphatic heterocycles. The standard InChI is InChI=1S/C9H14O2/c10-9(11)8-5-7(8)6-3-1-2-4-6/h6-8H,1-5H2,(H,10,11)/t7-,8-/m0/s1. The lowest BCUT2D eigenvalue weighted by molar-refractivity contribution is -0.139. The Kier molecular flexibility index (Phi) is 1.63. The van der Waals surface area contributed by atoms with Gasteiger partial charge in [-0.3, -0.25) is 4.79 Å². The first kappa shape index (κ1) is 7.14. The van der Waals surface area contributed by atoms with Gasteiger partial charge < -0.3 is 5.11 Å². The van der Waals surface area contributed by atoms with Gasteiger partial charge in [0.2, 0.25) is 0 Å². The van der Waals surface area contributed by atoms with Crippen LogP contribution in [0.4, 0.5) is 0 Å². The van der Waals surface area contributed by atoms with Gasteiger partial charge in [-0.15, -0.1) is 0 Å². The Hall–Kier alpha value is -0.530. The summed E-state index contributed by atoms with van der Waals surface area (Å²) in [4.78, 5) is 10.5. The van der Waals surface area contributed by atoms with Gasteiger partial charge in [0, 0.05) is 0 Å². The first-order valence-electron chi connectivity index (χ1n) is 4.52. The fourth-order valence-corrected chi connectivity index (χ4v) is 2.41. The van der Waals surface area contributed by atoms with E-state index >= 15 is 0 Å². The minimum atomic E-state index is -0.568. The van der Waals surface area contributed by atoms with Crippen molar-refractivity contribution < 1.29 is 9.90 Å². The van der Waals surface area contributed by atoms with E-state index in [-0.39, 0.29) is 5.92 Å².